The second-order valence-electron chi connectivity index (χ2n) is 5.61. The zero-order chi connectivity index (χ0) is 18.3. The first-order valence-electron chi connectivity index (χ1n) is 7.68. The van der Waals surface area contributed by atoms with Gasteiger partial charge in [0.2, 0.25) is 11.8 Å². The van der Waals surface area contributed by atoms with E-state index in [0.717, 1.165) is 31.2 Å². The number of aromatic amines is 1. The van der Waals surface area contributed by atoms with Crippen LogP contribution in [0.25, 0.3) is 11.3 Å². The van der Waals surface area contributed by atoms with Crippen LogP contribution in [-0.4, -0.2) is 17.3 Å². The summed E-state index contributed by atoms with van der Waals surface area (Å²) >= 11 is 5.04. The lowest BCUT2D eigenvalue weighted by Gasteiger charge is -2.22. The van der Waals surface area contributed by atoms with Gasteiger partial charge in [0.15, 0.2) is 0 Å². The van der Waals surface area contributed by atoms with Crippen LogP contribution < -0.4 is 15.2 Å². The summed E-state index contributed by atoms with van der Waals surface area (Å²) in [5, 5.41) is 17.0. The summed E-state index contributed by atoms with van der Waals surface area (Å²) in [6.45, 7) is 0. The van der Waals surface area contributed by atoms with Gasteiger partial charge in [-0.1, -0.05) is 0 Å². The summed E-state index contributed by atoms with van der Waals surface area (Å²) in [6, 6.07) is 13.7. The molecule has 6 nitrogen and oxygen atoms in total. The number of hydrogen-bond acceptors (Lipinski definition) is 6. The first-order chi connectivity index (χ1) is 12.6. The number of ether oxygens (including phenoxy) is 2. The molecule has 3 aromatic rings. The van der Waals surface area contributed by atoms with E-state index < -0.39 is 0 Å². The molecular formula is C18H13BrN4O2S. The SMILES string of the molecule is COc1ccc(-c2[nH]nc3c2[C@H](c2ccc(Br)s2)C(C#N)=C(N)O3)cc1. The van der Waals surface area contributed by atoms with E-state index in [9.17, 15) is 5.26 Å². The Kier molecular flexibility index (Phi) is 4.18. The molecule has 26 heavy (non-hydrogen) atoms. The van der Waals surface area contributed by atoms with Crippen LogP contribution in [0.3, 0.4) is 0 Å². The van der Waals surface area contributed by atoms with Crippen LogP contribution in [0.4, 0.5) is 0 Å². The minimum atomic E-state index is -0.337. The van der Waals surface area contributed by atoms with Gasteiger partial charge in [-0.3, -0.25) is 5.10 Å². The molecule has 0 unspecified atom stereocenters. The number of allylic oxidation sites excluding steroid dienone is 1. The number of aromatic nitrogens is 2. The highest BCUT2D eigenvalue weighted by molar-refractivity contribution is 9.11. The third-order valence-corrected chi connectivity index (χ3v) is 5.88. The molecule has 0 spiro atoms. The molecule has 1 aromatic carbocycles. The molecule has 2 aromatic heterocycles. The van der Waals surface area contributed by atoms with Crippen molar-refractivity contribution in [2.24, 2.45) is 5.73 Å². The smallest absolute Gasteiger partial charge is 0.244 e. The summed E-state index contributed by atoms with van der Waals surface area (Å²) in [6.07, 6.45) is 0. The number of thiophene rings is 1. The predicted molar refractivity (Wildman–Crippen MR) is 102 cm³/mol. The van der Waals surface area contributed by atoms with E-state index in [2.05, 4.69) is 32.2 Å². The minimum absolute atomic E-state index is 0.0855. The minimum Gasteiger partial charge on any atom is -0.497 e. The first-order valence-corrected chi connectivity index (χ1v) is 9.28. The monoisotopic (exact) mass is 428 g/mol. The van der Waals surface area contributed by atoms with Gasteiger partial charge in [-0.05, 0) is 52.3 Å². The molecule has 1 aliphatic rings. The van der Waals surface area contributed by atoms with Gasteiger partial charge in [0.25, 0.3) is 0 Å². The summed E-state index contributed by atoms with van der Waals surface area (Å²) in [5.74, 6) is 0.902. The van der Waals surface area contributed by atoms with Crippen molar-refractivity contribution in [1.82, 2.24) is 10.2 Å². The zero-order valence-corrected chi connectivity index (χ0v) is 16.0. The highest BCUT2D eigenvalue weighted by Gasteiger charge is 2.36. The third kappa shape index (κ3) is 2.66. The molecule has 0 saturated heterocycles. The lowest BCUT2D eigenvalue weighted by Crippen LogP contribution is -2.20. The van der Waals surface area contributed by atoms with Crippen molar-refractivity contribution in [3.8, 4) is 29.0 Å². The molecule has 0 amide bonds. The average Bonchev–Trinajstić information content (AvgIpc) is 3.26. The number of methoxy groups -OCH3 is 1. The number of rotatable bonds is 3. The number of fused-ring (bicyclic) bond motifs is 1. The predicted octanol–water partition coefficient (Wildman–Crippen LogP) is 4.13. The van der Waals surface area contributed by atoms with Crippen molar-refractivity contribution < 1.29 is 9.47 Å². The normalized spacial score (nSPS) is 16.0. The van der Waals surface area contributed by atoms with Crippen molar-refractivity contribution in [2.75, 3.05) is 7.11 Å². The van der Waals surface area contributed by atoms with Gasteiger partial charge in [0, 0.05) is 10.4 Å². The van der Waals surface area contributed by atoms with Crippen LogP contribution in [0.1, 0.15) is 16.4 Å². The average molecular weight is 429 g/mol. The Morgan fingerprint density at radius 2 is 2.08 bits per heavy atom. The molecule has 0 radical (unpaired) electrons. The number of nitrogens with zero attached hydrogens (tertiary/aromatic N) is 2. The van der Waals surface area contributed by atoms with Crippen LogP contribution in [-0.2, 0) is 0 Å². The van der Waals surface area contributed by atoms with Crippen molar-refractivity contribution in [3.63, 3.8) is 0 Å². The summed E-state index contributed by atoms with van der Waals surface area (Å²) in [4.78, 5) is 0.983. The van der Waals surface area contributed by atoms with Crippen molar-refractivity contribution in [2.45, 2.75) is 5.92 Å². The quantitative estimate of drug-likeness (QED) is 0.653. The highest BCUT2D eigenvalue weighted by Crippen LogP contribution is 2.47. The number of nitriles is 1. The molecule has 3 heterocycles. The van der Waals surface area contributed by atoms with E-state index in [4.69, 9.17) is 15.2 Å². The molecule has 0 aliphatic carbocycles. The molecule has 0 fully saturated rings. The number of H-pyrrole nitrogens is 1. The van der Waals surface area contributed by atoms with Crippen LogP contribution in [0.5, 0.6) is 11.6 Å². The summed E-state index contributed by atoms with van der Waals surface area (Å²) in [5.41, 5.74) is 8.87. The van der Waals surface area contributed by atoms with E-state index in [-0.39, 0.29) is 11.8 Å². The van der Waals surface area contributed by atoms with Crippen LogP contribution in [0, 0.1) is 11.3 Å². The first kappa shape index (κ1) is 16.7. The number of nitrogens with two attached hydrogens (primary N) is 1. The molecule has 3 N–H and O–H groups in total. The maximum absolute atomic E-state index is 9.67. The third-order valence-electron chi connectivity index (χ3n) is 4.20. The second-order valence-corrected chi connectivity index (χ2v) is 8.11. The number of nitrogens with one attached hydrogen (secondary N) is 1. The van der Waals surface area contributed by atoms with Gasteiger partial charge in [0.1, 0.15) is 17.4 Å². The van der Waals surface area contributed by atoms with E-state index in [0.29, 0.717) is 11.5 Å². The van der Waals surface area contributed by atoms with Crippen LogP contribution in [0.2, 0.25) is 0 Å². The number of hydrogen-bond donors (Lipinski definition) is 2. The molecule has 1 aliphatic heterocycles. The van der Waals surface area contributed by atoms with E-state index in [1.54, 1.807) is 18.4 Å². The van der Waals surface area contributed by atoms with Crippen molar-refractivity contribution in [1.29, 1.82) is 5.26 Å². The Labute approximate surface area is 162 Å². The lowest BCUT2D eigenvalue weighted by molar-refractivity contribution is 0.379. The Bertz CT molecular complexity index is 1050. The van der Waals surface area contributed by atoms with Crippen molar-refractivity contribution >= 4 is 27.3 Å². The Morgan fingerprint density at radius 3 is 2.69 bits per heavy atom. The molecule has 4 rings (SSSR count). The molecular weight excluding hydrogens is 416 g/mol. The number of benzene rings is 1. The second kappa shape index (κ2) is 6.52. The topological polar surface area (TPSA) is 97.0 Å². The van der Waals surface area contributed by atoms with Gasteiger partial charge in [-0.15, -0.1) is 16.4 Å². The zero-order valence-electron chi connectivity index (χ0n) is 13.6. The maximum Gasteiger partial charge on any atom is 0.244 e. The van der Waals surface area contributed by atoms with Crippen LogP contribution >= 0.6 is 27.3 Å². The van der Waals surface area contributed by atoms with Gasteiger partial charge >= 0.3 is 0 Å². The summed E-state index contributed by atoms with van der Waals surface area (Å²) in [7, 11) is 1.62. The maximum atomic E-state index is 9.67. The van der Waals surface area contributed by atoms with Gasteiger partial charge in [0.05, 0.1) is 28.1 Å². The molecule has 130 valence electrons. The molecule has 8 heteroatoms. The van der Waals surface area contributed by atoms with Gasteiger partial charge in [-0.2, -0.15) is 5.26 Å². The fourth-order valence-corrected chi connectivity index (χ4v) is 4.53. The van der Waals surface area contributed by atoms with Gasteiger partial charge in [-0.25, -0.2) is 0 Å². The van der Waals surface area contributed by atoms with E-state index in [1.165, 1.54) is 0 Å². The Balaban J connectivity index is 1.90. The Hall–Kier alpha value is -2.76. The molecule has 1 atom stereocenters. The molecule has 0 bridgehead atoms. The largest absolute Gasteiger partial charge is 0.497 e. The fraction of sp³-hybridized carbons (Fsp3) is 0.111. The standard InChI is InChI=1S/C18H13BrN4O2S/c1-24-10-4-2-9(3-5-10)16-15-14(12-6-7-13(19)26-12)11(8-20)17(21)25-18(15)23-22-16/h2-7,14H,21H2,1H3,(H,22,23)/t14-/m0/s1. The van der Waals surface area contributed by atoms with E-state index >= 15 is 0 Å². The van der Waals surface area contributed by atoms with Crippen molar-refractivity contribution in [3.05, 3.63) is 62.1 Å². The van der Waals surface area contributed by atoms with E-state index in [1.807, 2.05) is 36.4 Å². The lowest BCUT2D eigenvalue weighted by atomic mass is 9.87. The van der Waals surface area contributed by atoms with Crippen LogP contribution in [0.15, 0.2) is 51.6 Å². The molecule has 0 saturated carbocycles. The van der Waals surface area contributed by atoms with Gasteiger partial charge < -0.3 is 15.2 Å². The number of halogens is 1. The highest BCUT2D eigenvalue weighted by atomic mass is 79.9. The Morgan fingerprint density at radius 1 is 1.31 bits per heavy atom. The summed E-state index contributed by atoms with van der Waals surface area (Å²) < 4.78 is 11.8. The fourth-order valence-electron chi connectivity index (χ4n) is 2.99.